The fraction of sp³-hybridized carbons (Fsp3) is 0.333. The lowest BCUT2D eigenvalue weighted by Crippen LogP contribution is -2.13. The lowest BCUT2D eigenvalue weighted by molar-refractivity contribution is 0.565. The van der Waals surface area contributed by atoms with Crippen molar-refractivity contribution in [2.24, 2.45) is 5.14 Å². The highest BCUT2D eigenvalue weighted by Crippen LogP contribution is 2.24. The smallest absolute Gasteiger partial charge is 0.250 e. The summed E-state index contributed by atoms with van der Waals surface area (Å²) >= 11 is 0.795. The predicted octanol–water partition coefficient (Wildman–Crippen LogP) is 0.254. The highest BCUT2D eigenvalue weighted by atomic mass is 32.2. The third kappa shape index (κ3) is 2.25. The topological polar surface area (TPSA) is 72.2 Å². The summed E-state index contributed by atoms with van der Waals surface area (Å²) in [6.07, 6.45) is 0. The zero-order valence-corrected chi connectivity index (χ0v) is 8.51. The molecule has 0 aliphatic heterocycles. The predicted molar refractivity (Wildman–Crippen MR) is 48.4 cm³/mol. The molecule has 7 heteroatoms. The Balaban J connectivity index is 3.14. The Bertz CT molecular complexity index is 399. The van der Waals surface area contributed by atoms with Gasteiger partial charge in [0.15, 0.2) is 10.0 Å². The lowest BCUT2D eigenvalue weighted by Gasteiger charge is -1.95. The second kappa shape index (κ2) is 3.70. The summed E-state index contributed by atoms with van der Waals surface area (Å²) in [7, 11) is -2.27. The van der Waals surface area contributed by atoms with Crippen molar-refractivity contribution in [2.75, 3.05) is 7.05 Å². The summed E-state index contributed by atoms with van der Waals surface area (Å²) in [5.74, 6) is -0.748. The number of halogens is 1. The van der Waals surface area contributed by atoms with Crippen LogP contribution in [0.25, 0.3) is 0 Å². The van der Waals surface area contributed by atoms with E-state index in [1.54, 1.807) is 7.05 Å². The van der Waals surface area contributed by atoms with Gasteiger partial charge in [0.1, 0.15) is 0 Å². The standard InChI is InChI=1S/C6H9FN2O2S2/c1-9-2-4-3-12-6(5(4)7)13(8,10)11/h3,9H,2H2,1H3,(H2,8,10,11). The molecule has 1 rings (SSSR count). The first-order valence-electron chi connectivity index (χ1n) is 3.40. The first kappa shape index (κ1) is 10.6. The Kier molecular flexibility index (Phi) is 3.01. The molecule has 0 saturated carbocycles. The molecule has 13 heavy (non-hydrogen) atoms. The Labute approximate surface area is 79.6 Å². The van der Waals surface area contributed by atoms with E-state index in [4.69, 9.17) is 5.14 Å². The summed E-state index contributed by atoms with van der Waals surface area (Å²) in [5.41, 5.74) is 0.316. The van der Waals surface area contributed by atoms with Crippen LogP contribution in [0.3, 0.4) is 0 Å². The van der Waals surface area contributed by atoms with Crippen LogP contribution < -0.4 is 10.5 Å². The number of nitrogens with two attached hydrogens (primary N) is 1. The average molecular weight is 224 g/mol. The highest BCUT2D eigenvalue weighted by molar-refractivity contribution is 7.91. The van der Waals surface area contributed by atoms with Crippen LogP contribution in [0.1, 0.15) is 5.56 Å². The summed E-state index contributed by atoms with van der Waals surface area (Å²) < 4.78 is 34.4. The molecule has 0 spiro atoms. The van der Waals surface area contributed by atoms with Gasteiger partial charge in [0.2, 0.25) is 0 Å². The molecule has 1 heterocycles. The minimum Gasteiger partial charge on any atom is -0.316 e. The monoisotopic (exact) mass is 224 g/mol. The van der Waals surface area contributed by atoms with E-state index in [-0.39, 0.29) is 6.54 Å². The summed E-state index contributed by atoms with van der Waals surface area (Å²) in [6.45, 7) is 0.290. The molecule has 1 aromatic rings. The van der Waals surface area contributed by atoms with Crippen molar-refractivity contribution in [1.82, 2.24) is 5.32 Å². The molecule has 74 valence electrons. The third-order valence-corrected chi connectivity index (χ3v) is 3.87. The second-order valence-corrected chi connectivity index (χ2v) is 5.07. The maximum atomic E-state index is 13.2. The number of hydrogen-bond acceptors (Lipinski definition) is 4. The van der Waals surface area contributed by atoms with Crippen LogP contribution in [0.4, 0.5) is 4.39 Å². The van der Waals surface area contributed by atoms with E-state index in [0.717, 1.165) is 11.3 Å². The fourth-order valence-corrected chi connectivity index (χ4v) is 2.59. The van der Waals surface area contributed by atoms with Gasteiger partial charge in [-0.05, 0) is 12.4 Å². The molecule has 3 N–H and O–H groups in total. The van der Waals surface area contributed by atoms with E-state index in [9.17, 15) is 12.8 Å². The zero-order valence-electron chi connectivity index (χ0n) is 6.87. The van der Waals surface area contributed by atoms with Crippen LogP contribution in [0.5, 0.6) is 0 Å². The molecule has 0 aliphatic carbocycles. The minimum absolute atomic E-state index is 0.290. The van der Waals surface area contributed by atoms with Gasteiger partial charge < -0.3 is 5.32 Å². The van der Waals surface area contributed by atoms with E-state index in [1.807, 2.05) is 0 Å². The Morgan fingerprint density at radius 1 is 1.69 bits per heavy atom. The second-order valence-electron chi connectivity index (χ2n) is 2.44. The molecular formula is C6H9FN2O2S2. The van der Waals surface area contributed by atoms with E-state index in [0.29, 0.717) is 5.56 Å². The van der Waals surface area contributed by atoms with Gasteiger partial charge in [0.05, 0.1) is 0 Å². The maximum absolute atomic E-state index is 13.2. The number of sulfonamides is 1. The van der Waals surface area contributed by atoms with Crippen molar-refractivity contribution in [3.63, 3.8) is 0 Å². The van der Waals surface area contributed by atoms with E-state index < -0.39 is 20.0 Å². The summed E-state index contributed by atoms with van der Waals surface area (Å²) in [6, 6.07) is 0. The molecular weight excluding hydrogens is 215 g/mol. The maximum Gasteiger partial charge on any atom is 0.250 e. The number of nitrogens with one attached hydrogen (secondary N) is 1. The number of thiophene rings is 1. The largest absolute Gasteiger partial charge is 0.316 e. The first-order valence-corrected chi connectivity index (χ1v) is 5.82. The molecule has 0 atom stereocenters. The van der Waals surface area contributed by atoms with Crippen molar-refractivity contribution >= 4 is 21.4 Å². The SMILES string of the molecule is CNCc1csc(S(N)(=O)=O)c1F. The van der Waals surface area contributed by atoms with Crippen LogP contribution in [0.2, 0.25) is 0 Å². The molecule has 0 fully saturated rings. The first-order chi connectivity index (χ1) is 5.96. The molecule has 0 radical (unpaired) electrons. The minimum atomic E-state index is -3.92. The lowest BCUT2D eigenvalue weighted by atomic mass is 10.3. The molecule has 0 aliphatic rings. The average Bonchev–Trinajstić information content (AvgIpc) is 2.32. The van der Waals surface area contributed by atoms with Crippen LogP contribution in [-0.2, 0) is 16.6 Å². The van der Waals surface area contributed by atoms with Crippen LogP contribution in [-0.4, -0.2) is 15.5 Å². The van der Waals surface area contributed by atoms with Crippen molar-refractivity contribution in [3.05, 3.63) is 16.8 Å². The normalized spacial score (nSPS) is 11.9. The van der Waals surface area contributed by atoms with Crippen molar-refractivity contribution < 1.29 is 12.8 Å². The fourth-order valence-electron chi connectivity index (χ4n) is 0.861. The van der Waals surface area contributed by atoms with Crippen LogP contribution in [0, 0.1) is 5.82 Å². The third-order valence-electron chi connectivity index (χ3n) is 1.40. The van der Waals surface area contributed by atoms with Gasteiger partial charge in [-0.2, -0.15) is 0 Å². The van der Waals surface area contributed by atoms with Gasteiger partial charge >= 0.3 is 0 Å². The molecule has 0 amide bonds. The summed E-state index contributed by atoms with van der Waals surface area (Å²) in [5, 5.41) is 8.95. The van der Waals surface area contributed by atoms with Crippen LogP contribution in [0.15, 0.2) is 9.59 Å². The van der Waals surface area contributed by atoms with Gasteiger partial charge in [-0.3, -0.25) is 0 Å². The highest BCUT2D eigenvalue weighted by Gasteiger charge is 2.19. The van der Waals surface area contributed by atoms with Crippen molar-refractivity contribution in [1.29, 1.82) is 0 Å². The van der Waals surface area contributed by atoms with Crippen molar-refractivity contribution in [3.8, 4) is 0 Å². The Morgan fingerprint density at radius 3 is 2.69 bits per heavy atom. The van der Waals surface area contributed by atoms with Gasteiger partial charge in [-0.1, -0.05) is 0 Å². The van der Waals surface area contributed by atoms with Gasteiger partial charge in [0.25, 0.3) is 10.0 Å². The molecule has 0 unspecified atom stereocenters. The quantitative estimate of drug-likeness (QED) is 0.773. The molecule has 0 aromatic carbocycles. The van der Waals surface area contributed by atoms with Gasteiger partial charge in [-0.15, -0.1) is 11.3 Å². The van der Waals surface area contributed by atoms with E-state index >= 15 is 0 Å². The zero-order chi connectivity index (χ0) is 10.1. The summed E-state index contributed by atoms with van der Waals surface area (Å²) in [4.78, 5) is 0. The molecule has 1 aromatic heterocycles. The van der Waals surface area contributed by atoms with Gasteiger partial charge in [0, 0.05) is 12.1 Å². The molecule has 0 bridgehead atoms. The molecule has 4 nitrogen and oxygen atoms in total. The van der Waals surface area contributed by atoms with Crippen molar-refractivity contribution in [2.45, 2.75) is 10.8 Å². The number of primary sulfonamides is 1. The van der Waals surface area contributed by atoms with E-state index in [2.05, 4.69) is 5.32 Å². The van der Waals surface area contributed by atoms with Gasteiger partial charge in [-0.25, -0.2) is 17.9 Å². The Morgan fingerprint density at radius 2 is 2.31 bits per heavy atom. The number of hydrogen-bond donors (Lipinski definition) is 2. The Hall–Kier alpha value is -0.500. The van der Waals surface area contributed by atoms with E-state index in [1.165, 1.54) is 5.38 Å². The molecule has 0 saturated heterocycles. The number of rotatable bonds is 3. The van der Waals surface area contributed by atoms with Crippen LogP contribution >= 0.6 is 11.3 Å².